The molecule has 2 N–H and O–H groups in total. The van der Waals surface area contributed by atoms with Gasteiger partial charge in [-0.25, -0.2) is 13.1 Å². The van der Waals surface area contributed by atoms with E-state index in [1.807, 2.05) is 17.9 Å². The highest BCUT2D eigenvalue weighted by Gasteiger charge is 2.45. The summed E-state index contributed by atoms with van der Waals surface area (Å²) in [5.74, 6) is 0.689. The number of alkyl halides is 3. The molecule has 0 unspecified atom stereocenters. The Labute approximate surface area is 168 Å². The third-order valence-electron chi connectivity index (χ3n) is 4.83. The third-order valence-corrected chi connectivity index (χ3v) is 6.03. The molecule has 1 amide bonds. The molecule has 164 valence electrons. The number of halogens is 3. The Kier molecular flexibility index (Phi) is 7.89. The summed E-state index contributed by atoms with van der Waals surface area (Å²) in [5.41, 5.74) is -3.85. The van der Waals surface area contributed by atoms with Crippen molar-refractivity contribution in [1.29, 1.82) is 0 Å². The lowest BCUT2D eigenvalue weighted by atomic mass is 9.96. The summed E-state index contributed by atoms with van der Waals surface area (Å²) < 4.78 is 65.5. The normalized spacial score (nSPS) is 16.6. The number of benzene rings is 1. The number of methoxy groups -OCH3 is 1. The van der Waals surface area contributed by atoms with E-state index in [-0.39, 0.29) is 24.9 Å². The Hall–Kier alpha value is -1.85. The Morgan fingerprint density at radius 2 is 1.90 bits per heavy atom. The molecule has 0 bridgehead atoms. The van der Waals surface area contributed by atoms with Gasteiger partial charge < -0.3 is 15.0 Å². The number of amides is 1. The zero-order chi connectivity index (χ0) is 21.7. The van der Waals surface area contributed by atoms with Crippen LogP contribution in [0.4, 0.5) is 13.2 Å². The van der Waals surface area contributed by atoms with Crippen LogP contribution in [0.25, 0.3) is 0 Å². The van der Waals surface area contributed by atoms with Gasteiger partial charge in [0.15, 0.2) is 0 Å². The number of nitrogens with one attached hydrogen (secondary N) is 2. The van der Waals surface area contributed by atoms with Crippen LogP contribution in [-0.2, 0) is 10.0 Å². The van der Waals surface area contributed by atoms with E-state index >= 15 is 0 Å². The highest BCUT2D eigenvalue weighted by atomic mass is 32.2. The van der Waals surface area contributed by atoms with Crippen molar-refractivity contribution < 1.29 is 31.1 Å². The lowest BCUT2D eigenvalue weighted by molar-refractivity contribution is -0.0448. The summed E-state index contributed by atoms with van der Waals surface area (Å²) in [7, 11) is -3.76. The second-order valence-corrected chi connectivity index (χ2v) is 8.84. The third kappa shape index (κ3) is 6.86. The van der Waals surface area contributed by atoms with Crippen LogP contribution in [0.5, 0.6) is 5.75 Å². The van der Waals surface area contributed by atoms with Gasteiger partial charge in [-0.1, -0.05) is 0 Å². The van der Waals surface area contributed by atoms with Crippen molar-refractivity contribution >= 4 is 15.9 Å². The van der Waals surface area contributed by atoms with Crippen LogP contribution < -0.4 is 14.8 Å². The van der Waals surface area contributed by atoms with Crippen molar-refractivity contribution in [3.8, 4) is 5.75 Å². The van der Waals surface area contributed by atoms with Crippen molar-refractivity contribution in [2.24, 2.45) is 5.92 Å². The molecular weight excluding hydrogens is 411 g/mol. The van der Waals surface area contributed by atoms with Crippen LogP contribution in [0, 0.1) is 12.8 Å². The fraction of sp³-hybridized carbons (Fsp3) is 0.611. The fourth-order valence-corrected chi connectivity index (χ4v) is 3.69. The van der Waals surface area contributed by atoms with E-state index in [9.17, 15) is 26.4 Å². The molecule has 1 aliphatic heterocycles. The van der Waals surface area contributed by atoms with E-state index < -0.39 is 15.5 Å². The molecule has 0 aliphatic carbocycles. The predicted molar refractivity (Wildman–Crippen MR) is 102 cm³/mol. The molecule has 11 heteroatoms. The molecule has 0 saturated carbocycles. The fourth-order valence-electron chi connectivity index (χ4n) is 3.17. The van der Waals surface area contributed by atoms with E-state index in [4.69, 9.17) is 4.74 Å². The molecule has 1 aliphatic rings. The molecule has 0 radical (unpaired) electrons. The summed E-state index contributed by atoms with van der Waals surface area (Å²) in [6.45, 7) is 3.56. The number of rotatable bonds is 8. The first kappa shape index (κ1) is 23.4. The molecule has 0 atom stereocenters. The summed E-state index contributed by atoms with van der Waals surface area (Å²) in [6.07, 6.45) is 1.53. The number of piperidine rings is 1. The molecule has 7 nitrogen and oxygen atoms in total. The standard InChI is InChI=1S/C18H26F3N3O4S/c1-13-9-15(11-16(10-13)28-2)17(25)22-12-14-3-6-24(7-4-14)8-5-23-29(26,27)18(19,20)21/h9-11,14,23H,3-8,12H2,1-2H3,(H,22,25). The van der Waals surface area contributed by atoms with E-state index in [0.29, 0.717) is 30.9 Å². The summed E-state index contributed by atoms with van der Waals surface area (Å²) in [5, 5.41) is 2.91. The van der Waals surface area contributed by atoms with Gasteiger partial charge in [-0.2, -0.15) is 13.2 Å². The van der Waals surface area contributed by atoms with Crippen molar-refractivity contribution in [1.82, 2.24) is 14.9 Å². The molecule has 1 aromatic carbocycles. The number of likely N-dealkylation sites (tertiary alicyclic amines) is 1. The van der Waals surface area contributed by atoms with E-state index in [0.717, 1.165) is 18.4 Å². The second kappa shape index (κ2) is 9.77. The Bertz CT molecular complexity index is 807. The lowest BCUT2D eigenvalue weighted by Gasteiger charge is -2.32. The molecule has 0 aromatic heterocycles. The minimum atomic E-state index is -5.30. The molecule has 1 fully saturated rings. The van der Waals surface area contributed by atoms with Gasteiger partial charge in [0, 0.05) is 25.2 Å². The van der Waals surface area contributed by atoms with Gasteiger partial charge in [-0.3, -0.25) is 4.79 Å². The number of carbonyl (C=O) groups excluding carboxylic acids is 1. The van der Waals surface area contributed by atoms with Crippen LogP contribution >= 0.6 is 0 Å². The molecule has 0 spiro atoms. The van der Waals surface area contributed by atoms with Crippen LogP contribution in [0.3, 0.4) is 0 Å². The largest absolute Gasteiger partial charge is 0.511 e. The first-order chi connectivity index (χ1) is 13.5. The Balaban J connectivity index is 1.72. The van der Waals surface area contributed by atoms with Crippen molar-refractivity contribution in [2.75, 3.05) is 39.8 Å². The number of sulfonamides is 1. The van der Waals surface area contributed by atoms with Crippen molar-refractivity contribution in [3.63, 3.8) is 0 Å². The van der Waals surface area contributed by atoms with Gasteiger partial charge >= 0.3 is 15.5 Å². The van der Waals surface area contributed by atoms with Crippen molar-refractivity contribution in [2.45, 2.75) is 25.3 Å². The summed E-state index contributed by atoms with van der Waals surface area (Å²) >= 11 is 0. The first-order valence-corrected chi connectivity index (χ1v) is 10.7. The molecule has 2 rings (SSSR count). The zero-order valence-corrected chi connectivity index (χ0v) is 17.2. The van der Waals surface area contributed by atoms with Gasteiger partial charge in [0.1, 0.15) is 5.75 Å². The van der Waals surface area contributed by atoms with Gasteiger partial charge in [-0.15, -0.1) is 0 Å². The van der Waals surface area contributed by atoms with Crippen molar-refractivity contribution in [3.05, 3.63) is 29.3 Å². The van der Waals surface area contributed by atoms with Crippen LogP contribution in [-0.4, -0.2) is 64.6 Å². The SMILES string of the molecule is COc1cc(C)cc(C(=O)NCC2CCN(CCNS(=O)(=O)C(F)(F)F)CC2)c1. The highest BCUT2D eigenvalue weighted by Crippen LogP contribution is 2.22. The van der Waals surface area contributed by atoms with E-state index in [1.54, 1.807) is 16.9 Å². The molecule has 29 heavy (non-hydrogen) atoms. The van der Waals surface area contributed by atoms with Crippen LogP contribution in [0.2, 0.25) is 0 Å². The minimum Gasteiger partial charge on any atom is -0.497 e. The summed E-state index contributed by atoms with van der Waals surface area (Å²) in [4.78, 5) is 14.3. The number of hydrogen-bond acceptors (Lipinski definition) is 5. The monoisotopic (exact) mass is 437 g/mol. The van der Waals surface area contributed by atoms with Crippen LogP contribution in [0.1, 0.15) is 28.8 Å². The quantitative estimate of drug-likeness (QED) is 0.649. The van der Waals surface area contributed by atoms with E-state index in [2.05, 4.69) is 5.32 Å². The zero-order valence-electron chi connectivity index (χ0n) is 16.4. The number of nitrogens with zero attached hydrogens (tertiary/aromatic N) is 1. The topological polar surface area (TPSA) is 87.7 Å². The highest BCUT2D eigenvalue weighted by molar-refractivity contribution is 7.90. The van der Waals surface area contributed by atoms with Gasteiger partial charge in [0.2, 0.25) is 0 Å². The van der Waals surface area contributed by atoms with E-state index in [1.165, 1.54) is 7.11 Å². The average molecular weight is 437 g/mol. The number of hydrogen-bond donors (Lipinski definition) is 2. The Morgan fingerprint density at radius 1 is 1.24 bits per heavy atom. The van der Waals surface area contributed by atoms with Gasteiger partial charge in [0.25, 0.3) is 5.91 Å². The number of carbonyl (C=O) groups is 1. The van der Waals surface area contributed by atoms with Gasteiger partial charge in [0.05, 0.1) is 7.11 Å². The Morgan fingerprint density at radius 3 is 2.48 bits per heavy atom. The molecule has 1 heterocycles. The lowest BCUT2D eigenvalue weighted by Crippen LogP contribution is -2.44. The molecule has 1 saturated heterocycles. The number of aryl methyl sites for hydroxylation is 1. The molecular formula is C18H26F3N3O4S. The second-order valence-electron chi connectivity index (χ2n) is 7.08. The smallest absolute Gasteiger partial charge is 0.497 e. The predicted octanol–water partition coefficient (Wildman–Crippen LogP) is 1.88. The van der Waals surface area contributed by atoms with Crippen LogP contribution in [0.15, 0.2) is 18.2 Å². The maximum atomic E-state index is 12.4. The summed E-state index contributed by atoms with van der Waals surface area (Å²) in [6, 6.07) is 5.29. The average Bonchev–Trinajstić information content (AvgIpc) is 2.65. The number of ether oxygens (including phenoxy) is 1. The minimum absolute atomic E-state index is 0.184. The molecule has 1 aromatic rings. The van der Waals surface area contributed by atoms with Gasteiger partial charge in [-0.05, 0) is 62.5 Å². The maximum absolute atomic E-state index is 12.4. The maximum Gasteiger partial charge on any atom is 0.511 e. The first-order valence-electron chi connectivity index (χ1n) is 9.24.